The van der Waals surface area contributed by atoms with Gasteiger partial charge in [-0.1, -0.05) is 19.3 Å². The van der Waals surface area contributed by atoms with E-state index in [-0.39, 0.29) is 0 Å². The lowest BCUT2D eigenvalue weighted by Crippen LogP contribution is -2.23. The van der Waals surface area contributed by atoms with Crippen molar-refractivity contribution in [1.82, 2.24) is 0 Å². The van der Waals surface area contributed by atoms with Crippen molar-refractivity contribution in [2.45, 2.75) is 63.5 Å². The third-order valence-corrected chi connectivity index (χ3v) is 3.69. The molecule has 1 aliphatic carbocycles. The first-order chi connectivity index (χ1) is 6.84. The molecule has 14 heavy (non-hydrogen) atoms. The van der Waals surface area contributed by atoms with Gasteiger partial charge in [-0.05, 0) is 38.0 Å². The van der Waals surface area contributed by atoms with Gasteiger partial charge in [-0.3, -0.25) is 0 Å². The predicted octanol–water partition coefficient (Wildman–Crippen LogP) is 2.46. The summed E-state index contributed by atoms with van der Waals surface area (Å²) >= 11 is 0. The van der Waals surface area contributed by atoms with Crippen molar-refractivity contribution in [3.05, 3.63) is 0 Å². The van der Waals surface area contributed by atoms with Crippen LogP contribution in [0.5, 0.6) is 0 Å². The molecule has 2 N–H and O–H groups in total. The molecule has 2 heteroatoms. The second-order valence-electron chi connectivity index (χ2n) is 5.02. The Morgan fingerprint density at radius 3 is 2.71 bits per heavy atom. The fraction of sp³-hybridized carbons (Fsp3) is 1.00. The topological polar surface area (TPSA) is 35.2 Å². The van der Waals surface area contributed by atoms with E-state index < -0.39 is 0 Å². The summed E-state index contributed by atoms with van der Waals surface area (Å²) in [6.45, 7) is 0.990. The van der Waals surface area contributed by atoms with E-state index in [0.29, 0.717) is 12.1 Å². The maximum atomic E-state index is 6.06. The monoisotopic (exact) mass is 197 g/mol. The van der Waals surface area contributed by atoms with Crippen LogP contribution >= 0.6 is 0 Å². The van der Waals surface area contributed by atoms with E-state index in [9.17, 15) is 0 Å². The van der Waals surface area contributed by atoms with Crippen LogP contribution in [0.25, 0.3) is 0 Å². The molecule has 0 amide bonds. The highest BCUT2D eigenvalue weighted by Crippen LogP contribution is 2.29. The van der Waals surface area contributed by atoms with E-state index in [4.69, 9.17) is 10.5 Å². The van der Waals surface area contributed by atoms with Crippen molar-refractivity contribution in [3.8, 4) is 0 Å². The van der Waals surface area contributed by atoms with Crippen LogP contribution in [0.3, 0.4) is 0 Å². The van der Waals surface area contributed by atoms with Crippen LogP contribution < -0.4 is 5.73 Å². The summed E-state index contributed by atoms with van der Waals surface area (Å²) in [5, 5.41) is 0. The Morgan fingerprint density at radius 1 is 1.07 bits per heavy atom. The van der Waals surface area contributed by atoms with Gasteiger partial charge in [0.1, 0.15) is 0 Å². The Hall–Kier alpha value is -0.0800. The molecule has 2 rings (SSSR count). The van der Waals surface area contributed by atoms with Gasteiger partial charge in [0.15, 0.2) is 0 Å². The first-order valence-electron chi connectivity index (χ1n) is 6.22. The Kier molecular flexibility index (Phi) is 3.82. The molecule has 3 unspecified atom stereocenters. The minimum atomic E-state index is 0.462. The molecule has 0 aromatic carbocycles. The third kappa shape index (κ3) is 2.96. The van der Waals surface area contributed by atoms with E-state index in [1.165, 1.54) is 51.4 Å². The van der Waals surface area contributed by atoms with Gasteiger partial charge < -0.3 is 10.5 Å². The van der Waals surface area contributed by atoms with Crippen molar-refractivity contribution in [3.63, 3.8) is 0 Å². The van der Waals surface area contributed by atoms with Crippen molar-refractivity contribution in [2.75, 3.05) is 6.61 Å². The average Bonchev–Trinajstić information content (AvgIpc) is 2.56. The van der Waals surface area contributed by atoms with E-state index >= 15 is 0 Å². The SMILES string of the molecule is NC1CCCCC(CC2CCCO2)C1. The minimum absolute atomic E-state index is 0.462. The molecular formula is C12H23NO. The zero-order valence-corrected chi connectivity index (χ0v) is 9.08. The highest BCUT2D eigenvalue weighted by Gasteiger charge is 2.23. The molecule has 0 aromatic rings. The molecule has 0 radical (unpaired) electrons. The van der Waals surface area contributed by atoms with Crippen molar-refractivity contribution >= 4 is 0 Å². The van der Waals surface area contributed by atoms with Gasteiger partial charge in [-0.25, -0.2) is 0 Å². The first kappa shape index (κ1) is 10.4. The molecule has 0 bridgehead atoms. The quantitative estimate of drug-likeness (QED) is 0.690. The Balaban J connectivity index is 1.77. The summed E-state index contributed by atoms with van der Waals surface area (Å²) in [6, 6.07) is 0.462. The van der Waals surface area contributed by atoms with Crippen LogP contribution in [0.4, 0.5) is 0 Å². The standard InChI is InChI=1S/C12H23NO/c13-11-5-2-1-4-10(8-11)9-12-6-3-7-14-12/h10-12H,1-9,13H2. The molecule has 0 aromatic heterocycles. The Morgan fingerprint density at radius 2 is 1.93 bits per heavy atom. The zero-order valence-electron chi connectivity index (χ0n) is 9.08. The summed E-state index contributed by atoms with van der Waals surface area (Å²) in [5.41, 5.74) is 6.06. The molecule has 2 nitrogen and oxygen atoms in total. The molecule has 1 aliphatic heterocycles. The fourth-order valence-corrected chi connectivity index (χ4v) is 2.92. The zero-order chi connectivity index (χ0) is 9.80. The van der Waals surface area contributed by atoms with E-state index in [0.717, 1.165) is 12.5 Å². The van der Waals surface area contributed by atoms with Crippen LogP contribution in [0.2, 0.25) is 0 Å². The smallest absolute Gasteiger partial charge is 0.0578 e. The number of hydrogen-bond donors (Lipinski definition) is 1. The average molecular weight is 197 g/mol. The lowest BCUT2D eigenvalue weighted by atomic mass is 9.91. The molecular weight excluding hydrogens is 174 g/mol. The van der Waals surface area contributed by atoms with Crippen LogP contribution in [0.1, 0.15) is 51.4 Å². The molecule has 1 saturated carbocycles. The number of ether oxygens (including phenoxy) is 1. The van der Waals surface area contributed by atoms with Crippen LogP contribution in [-0.2, 0) is 4.74 Å². The summed E-state index contributed by atoms with van der Waals surface area (Å²) in [6.07, 6.45) is 11.0. The summed E-state index contributed by atoms with van der Waals surface area (Å²) in [4.78, 5) is 0. The van der Waals surface area contributed by atoms with Crippen molar-refractivity contribution in [1.29, 1.82) is 0 Å². The molecule has 0 spiro atoms. The second-order valence-corrected chi connectivity index (χ2v) is 5.02. The normalized spacial score (nSPS) is 39.6. The number of rotatable bonds is 2. The van der Waals surface area contributed by atoms with Gasteiger partial charge >= 0.3 is 0 Å². The Labute approximate surface area is 87.2 Å². The van der Waals surface area contributed by atoms with Crippen molar-refractivity contribution < 1.29 is 4.74 Å². The number of hydrogen-bond acceptors (Lipinski definition) is 2. The molecule has 2 aliphatic rings. The van der Waals surface area contributed by atoms with Gasteiger partial charge in [-0.15, -0.1) is 0 Å². The van der Waals surface area contributed by atoms with E-state index in [1.807, 2.05) is 0 Å². The summed E-state index contributed by atoms with van der Waals surface area (Å²) in [5.74, 6) is 0.843. The second kappa shape index (κ2) is 5.13. The maximum absolute atomic E-state index is 6.06. The maximum Gasteiger partial charge on any atom is 0.0578 e. The predicted molar refractivity (Wildman–Crippen MR) is 58.1 cm³/mol. The lowest BCUT2D eigenvalue weighted by molar-refractivity contribution is 0.0865. The largest absolute Gasteiger partial charge is 0.378 e. The lowest BCUT2D eigenvalue weighted by Gasteiger charge is -2.20. The molecule has 2 fully saturated rings. The van der Waals surface area contributed by atoms with Crippen LogP contribution in [-0.4, -0.2) is 18.8 Å². The molecule has 1 saturated heterocycles. The van der Waals surface area contributed by atoms with Crippen LogP contribution in [0.15, 0.2) is 0 Å². The summed E-state index contributed by atoms with van der Waals surface area (Å²) in [7, 11) is 0. The Bertz CT molecular complexity index is 166. The molecule has 1 heterocycles. The minimum Gasteiger partial charge on any atom is -0.378 e. The molecule has 82 valence electrons. The van der Waals surface area contributed by atoms with Crippen molar-refractivity contribution in [2.24, 2.45) is 11.7 Å². The van der Waals surface area contributed by atoms with Gasteiger partial charge in [0, 0.05) is 12.6 Å². The highest BCUT2D eigenvalue weighted by molar-refractivity contribution is 4.77. The fourth-order valence-electron chi connectivity index (χ4n) is 2.92. The van der Waals surface area contributed by atoms with E-state index in [2.05, 4.69) is 0 Å². The highest BCUT2D eigenvalue weighted by atomic mass is 16.5. The van der Waals surface area contributed by atoms with E-state index in [1.54, 1.807) is 0 Å². The summed E-state index contributed by atoms with van der Waals surface area (Å²) < 4.78 is 5.69. The number of nitrogens with two attached hydrogens (primary N) is 1. The van der Waals surface area contributed by atoms with Gasteiger partial charge in [0.05, 0.1) is 6.10 Å². The molecule has 3 atom stereocenters. The van der Waals surface area contributed by atoms with Gasteiger partial charge in [0.2, 0.25) is 0 Å². The van der Waals surface area contributed by atoms with Gasteiger partial charge in [-0.2, -0.15) is 0 Å². The third-order valence-electron chi connectivity index (χ3n) is 3.69. The van der Waals surface area contributed by atoms with Crippen LogP contribution in [0, 0.1) is 5.92 Å². The first-order valence-corrected chi connectivity index (χ1v) is 6.22. The van der Waals surface area contributed by atoms with Gasteiger partial charge in [0.25, 0.3) is 0 Å².